The number of fused-ring (bicyclic) bond motifs is 1. The van der Waals surface area contributed by atoms with Gasteiger partial charge in [-0.2, -0.15) is 0 Å². The molecule has 166 valence electrons. The molecule has 7 nitrogen and oxygen atoms in total. The smallest absolute Gasteiger partial charge is 0.240 e. The third-order valence-corrected chi connectivity index (χ3v) is 8.81. The summed E-state index contributed by atoms with van der Waals surface area (Å²) in [7, 11) is 16.9. The highest BCUT2D eigenvalue weighted by atomic mass is 32.1. The Balaban J connectivity index is 1.58. The second-order valence-corrected chi connectivity index (χ2v) is 12.3. The number of morpholine rings is 1. The van der Waals surface area contributed by atoms with E-state index in [4.69, 9.17) is 4.74 Å². The Kier molecular flexibility index (Phi) is 6.19. The van der Waals surface area contributed by atoms with Gasteiger partial charge >= 0.3 is 0 Å². The van der Waals surface area contributed by atoms with Crippen LogP contribution in [-0.2, 0) is 9.53 Å². The van der Waals surface area contributed by atoms with Crippen molar-refractivity contribution in [1.82, 2.24) is 19.9 Å². The van der Waals surface area contributed by atoms with Gasteiger partial charge in [-0.05, 0) is 29.2 Å². The molecule has 1 fully saturated rings. The summed E-state index contributed by atoms with van der Waals surface area (Å²) in [5.41, 5.74) is 1.83. The molecule has 0 bridgehead atoms. The zero-order chi connectivity index (χ0) is 25.1. The van der Waals surface area contributed by atoms with Crippen molar-refractivity contribution in [3.8, 4) is 10.4 Å². The molecule has 1 saturated heterocycles. The Bertz CT molecular complexity index is 1240. The third kappa shape index (κ3) is 4.29. The predicted octanol–water partition coefficient (Wildman–Crippen LogP) is -5.99. The maximum absolute atomic E-state index is 13.2. The van der Waals surface area contributed by atoms with Crippen LogP contribution in [0.5, 0.6) is 0 Å². The van der Waals surface area contributed by atoms with Crippen molar-refractivity contribution in [3.05, 3.63) is 35.6 Å². The molecule has 3 aromatic rings. The van der Waals surface area contributed by atoms with Gasteiger partial charge in [-0.25, -0.2) is 15.0 Å². The minimum atomic E-state index is -0.447. The Labute approximate surface area is 212 Å². The number of hydrogen-bond donors (Lipinski definition) is 1. The summed E-state index contributed by atoms with van der Waals surface area (Å²) >= 11 is 1.64. The standard InChI is InChI=1S/C18H27B8N5O2S/c1-8-27-6-12(34-8)9-2-3-10-5-28-14(29-11(10)4-9)30-13(32)7-31-15(19,20)17(23,24)33-18(25,26)16(31,21)22/h2-6H,7,19-26H2,1H3,(H,28,29,30,32). The second kappa shape index (κ2) is 8.35. The fourth-order valence-corrected chi connectivity index (χ4v) is 5.45. The highest BCUT2D eigenvalue weighted by Crippen LogP contribution is 2.39. The number of ether oxygens (including phenoxy) is 1. The van der Waals surface area contributed by atoms with Gasteiger partial charge in [0.2, 0.25) is 11.9 Å². The van der Waals surface area contributed by atoms with E-state index in [0.717, 1.165) is 26.4 Å². The van der Waals surface area contributed by atoms with Gasteiger partial charge in [0.05, 0.1) is 21.9 Å². The number of hydrogen-bond acceptors (Lipinski definition) is 7. The van der Waals surface area contributed by atoms with E-state index in [0.29, 0.717) is 5.95 Å². The lowest BCUT2D eigenvalue weighted by Crippen LogP contribution is -2.86. The molecule has 0 saturated carbocycles. The van der Waals surface area contributed by atoms with Crippen LogP contribution in [-0.4, -0.2) is 117 Å². The third-order valence-electron chi connectivity index (χ3n) is 7.85. The number of aryl methyl sites for hydroxylation is 1. The van der Waals surface area contributed by atoms with E-state index < -0.39 is 10.8 Å². The minimum absolute atomic E-state index is 0.150. The summed E-state index contributed by atoms with van der Waals surface area (Å²) in [4.78, 5) is 29.9. The molecular weight excluding hydrogens is 437 g/mol. The first-order valence-corrected chi connectivity index (χ1v) is 12.4. The van der Waals surface area contributed by atoms with Crippen molar-refractivity contribution < 1.29 is 9.53 Å². The van der Waals surface area contributed by atoms with Crippen LogP contribution in [0.2, 0.25) is 0 Å². The number of nitrogens with zero attached hydrogens (tertiary/aromatic N) is 4. The average molecular weight is 464 g/mol. The van der Waals surface area contributed by atoms with Crippen molar-refractivity contribution in [1.29, 1.82) is 0 Å². The Hall–Kier alpha value is -1.90. The first kappa shape index (κ1) is 25.2. The van der Waals surface area contributed by atoms with E-state index in [1.165, 1.54) is 0 Å². The van der Waals surface area contributed by atoms with Gasteiger partial charge in [-0.1, -0.05) is 12.1 Å². The maximum Gasteiger partial charge on any atom is 0.240 e. The van der Waals surface area contributed by atoms with Crippen molar-refractivity contribution in [3.63, 3.8) is 0 Å². The molecule has 16 heteroatoms. The van der Waals surface area contributed by atoms with Gasteiger partial charge in [0.15, 0.2) is 0 Å². The van der Waals surface area contributed by atoms with Crippen LogP contribution in [0.4, 0.5) is 5.95 Å². The Morgan fingerprint density at radius 3 is 2.26 bits per heavy atom. The summed E-state index contributed by atoms with van der Waals surface area (Å²) in [5, 5.41) is 3.21. The molecule has 1 aliphatic rings. The van der Waals surface area contributed by atoms with Gasteiger partial charge in [0.1, 0.15) is 62.8 Å². The van der Waals surface area contributed by atoms with Crippen LogP contribution in [0.3, 0.4) is 0 Å². The molecule has 3 heterocycles. The predicted molar refractivity (Wildman–Crippen MR) is 161 cm³/mol. The largest absolute Gasteiger partial charge is 0.403 e. The Morgan fingerprint density at radius 2 is 1.68 bits per heavy atom. The van der Waals surface area contributed by atoms with E-state index in [1.54, 1.807) is 17.5 Å². The second-order valence-electron chi connectivity index (χ2n) is 11.1. The van der Waals surface area contributed by atoms with Crippen molar-refractivity contribution in [2.75, 3.05) is 11.9 Å². The fourth-order valence-electron chi connectivity index (χ4n) is 4.67. The van der Waals surface area contributed by atoms with Gasteiger partial charge in [-0.15, -0.1) is 11.3 Å². The molecule has 1 N–H and O–H groups in total. The fraction of sp³-hybridized carbons (Fsp3) is 0.333. The number of aromatic nitrogens is 3. The van der Waals surface area contributed by atoms with Crippen LogP contribution in [0.15, 0.2) is 30.6 Å². The lowest BCUT2D eigenvalue weighted by Gasteiger charge is -2.68. The first-order chi connectivity index (χ1) is 15.6. The number of rotatable bonds is 4. The molecule has 0 radical (unpaired) electrons. The highest BCUT2D eigenvalue weighted by molar-refractivity contribution is 7.15. The van der Waals surface area contributed by atoms with E-state index in [1.807, 2.05) is 31.3 Å². The maximum atomic E-state index is 13.2. The van der Waals surface area contributed by atoms with Crippen molar-refractivity contribution in [2.45, 2.75) is 28.4 Å². The SMILES string of the molecule is BC1(B)OC(B)(B)C(B)(B)N(CC(=O)Nc2ncc3ccc(-c4cnc(C)s4)cc3n2)C1(B)B. The average Bonchev–Trinajstić information content (AvgIpc) is 3.16. The molecule has 4 rings (SSSR count). The number of carbonyl (C=O) groups excluding carboxylic acids is 1. The van der Waals surface area contributed by atoms with E-state index in [2.05, 4.69) is 87.9 Å². The number of anilines is 1. The normalized spacial score (nSPS) is 20.6. The first-order valence-electron chi connectivity index (χ1n) is 11.6. The number of thiazole rings is 1. The van der Waals surface area contributed by atoms with Gasteiger partial charge in [0, 0.05) is 28.6 Å². The van der Waals surface area contributed by atoms with Crippen LogP contribution < -0.4 is 5.32 Å². The molecule has 1 amide bonds. The molecule has 0 atom stereocenters. The van der Waals surface area contributed by atoms with E-state index >= 15 is 0 Å². The molecule has 1 aromatic carbocycles. The Morgan fingerprint density at radius 1 is 1.03 bits per heavy atom. The highest BCUT2D eigenvalue weighted by Gasteiger charge is 2.58. The number of carbonyl (C=O) groups is 1. The van der Waals surface area contributed by atoms with Gasteiger partial charge < -0.3 is 9.64 Å². The minimum Gasteiger partial charge on any atom is -0.403 e. The van der Waals surface area contributed by atoms with Crippen LogP contribution in [0, 0.1) is 6.92 Å². The van der Waals surface area contributed by atoms with Crippen LogP contribution in [0.1, 0.15) is 5.01 Å². The molecule has 1 aliphatic heterocycles. The summed E-state index contributed by atoms with van der Waals surface area (Å²) in [6, 6.07) is 6.05. The topological polar surface area (TPSA) is 80.2 Å². The molecule has 0 unspecified atom stereocenters. The van der Waals surface area contributed by atoms with E-state index in [-0.39, 0.29) is 23.1 Å². The lowest BCUT2D eigenvalue weighted by atomic mass is 9.30. The molecule has 0 spiro atoms. The van der Waals surface area contributed by atoms with Crippen LogP contribution in [0.25, 0.3) is 21.3 Å². The lowest BCUT2D eigenvalue weighted by molar-refractivity contribution is -0.131. The van der Waals surface area contributed by atoms with Gasteiger partial charge in [-0.3, -0.25) is 10.1 Å². The summed E-state index contributed by atoms with van der Waals surface area (Å²) < 4.78 is 6.52. The molecular formula is C18H27B8N5O2S. The monoisotopic (exact) mass is 465 g/mol. The van der Waals surface area contributed by atoms with E-state index in [9.17, 15) is 4.79 Å². The number of benzene rings is 1. The van der Waals surface area contributed by atoms with Crippen molar-refractivity contribution in [2.24, 2.45) is 0 Å². The summed E-state index contributed by atoms with van der Waals surface area (Å²) in [5.74, 6) is 0.153. The number of nitrogens with one attached hydrogen (secondary N) is 1. The summed E-state index contributed by atoms with van der Waals surface area (Å²) in [6.07, 6.45) is 3.62. The number of amides is 1. The zero-order valence-electron chi connectivity index (χ0n) is 21.6. The summed E-state index contributed by atoms with van der Waals surface area (Å²) in [6.45, 7) is 2.20. The molecule has 2 aromatic heterocycles. The van der Waals surface area contributed by atoms with Crippen LogP contribution >= 0.6 is 11.3 Å². The molecule has 0 aliphatic carbocycles. The van der Waals surface area contributed by atoms with Gasteiger partial charge in [0.25, 0.3) is 0 Å². The quantitative estimate of drug-likeness (QED) is 0.388. The zero-order valence-corrected chi connectivity index (χ0v) is 22.4. The molecule has 34 heavy (non-hydrogen) atoms. The van der Waals surface area contributed by atoms with Crippen molar-refractivity contribution >= 4 is 96.9 Å².